The predicted molar refractivity (Wildman–Crippen MR) is 216 cm³/mol. The molecule has 22 atom stereocenters. The molecule has 0 bridgehead atoms. The minimum Gasteiger partial charge on any atom is -0.394 e. The lowest BCUT2D eigenvalue weighted by Crippen LogP contribution is -2.66. The van der Waals surface area contributed by atoms with Gasteiger partial charge >= 0.3 is 0 Å². The highest BCUT2D eigenvalue weighted by Gasteiger charge is 2.56. The van der Waals surface area contributed by atoms with Gasteiger partial charge in [-0.1, -0.05) is 0 Å². The molecule has 14 N–H and O–H groups in total. The molecule has 1 aromatic rings. The van der Waals surface area contributed by atoms with Crippen LogP contribution in [-0.4, -0.2) is 266 Å². The number of benzene rings is 1. The van der Waals surface area contributed by atoms with Crippen LogP contribution in [0.3, 0.4) is 0 Å². The topological polar surface area (TPSA) is 453 Å². The van der Waals surface area contributed by atoms with Crippen molar-refractivity contribution in [3.63, 3.8) is 0 Å². The maximum absolute atomic E-state index is 13.5. The number of carbonyl (C=O) groups is 2. The summed E-state index contributed by atoms with van der Waals surface area (Å²) in [7, 11) is 0. The molecule has 30 heteroatoms. The van der Waals surface area contributed by atoms with E-state index < -0.39 is 173 Å². The van der Waals surface area contributed by atoms with Crippen LogP contribution in [-0.2, 0) is 38.0 Å². The Kier molecular flexibility index (Phi) is 16.4. The molecule has 0 radical (unpaired) electrons. The van der Waals surface area contributed by atoms with Crippen molar-refractivity contribution in [2.24, 2.45) is 30.7 Å². The van der Waals surface area contributed by atoms with Crippen LogP contribution in [0.25, 0.3) is 0 Å². The Labute approximate surface area is 383 Å². The van der Waals surface area contributed by atoms with Crippen LogP contribution < -0.4 is 0 Å². The van der Waals surface area contributed by atoms with Crippen molar-refractivity contribution in [2.75, 3.05) is 26.4 Å². The molecular formula is C38H54N8O22. The Morgan fingerprint density at radius 3 is 1.15 bits per heavy atom. The van der Waals surface area contributed by atoms with Crippen molar-refractivity contribution < 1.29 is 110 Å². The van der Waals surface area contributed by atoms with Gasteiger partial charge in [0.15, 0.2) is 37.1 Å². The summed E-state index contributed by atoms with van der Waals surface area (Å²) in [4.78, 5) is 27.0. The van der Waals surface area contributed by atoms with E-state index in [1.807, 2.05) is 0 Å². The number of aliphatic hydroxyl groups is 14. The number of amides is 2. The van der Waals surface area contributed by atoms with E-state index in [0.29, 0.717) is 10.0 Å². The van der Waals surface area contributed by atoms with E-state index in [-0.39, 0.29) is 22.8 Å². The van der Waals surface area contributed by atoms with Gasteiger partial charge in [0.2, 0.25) is 0 Å². The smallest absolute Gasteiger partial charge is 0.277 e. The zero-order valence-electron chi connectivity index (χ0n) is 35.9. The lowest BCUT2D eigenvalue weighted by Gasteiger charge is -2.46. The van der Waals surface area contributed by atoms with Gasteiger partial charge in [-0.05, 0) is 38.1 Å². The van der Waals surface area contributed by atoms with Crippen molar-refractivity contribution in [3.8, 4) is 0 Å². The minimum absolute atomic E-state index is 0.107. The fraction of sp³-hybridized carbons (Fsp3) is 0.737. The van der Waals surface area contributed by atoms with Crippen LogP contribution in [0.15, 0.2) is 54.9 Å². The Balaban J connectivity index is 0.939. The first-order chi connectivity index (χ1) is 32.3. The third kappa shape index (κ3) is 9.95. The molecule has 4 saturated heterocycles. The first-order valence-corrected chi connectivity index (χ1v) is 21.2. The number of azo groups is 2. The third-order valence-electron chi connectivity index (χ3n) is 12.1. The quantitative estimate of drug-likeness (QED) is 0.0770. The predicted octanol–water partition coefficient (Wildman–Crippen LogP) is -7.72. The van der Waals surface area contributed by atoms with Gasteiger partial charge in [0.25, 0.3) is 11.8 Å². The van der Waals surface area contributed by atoms with Crippen LogP contribution in [0.2, 0.25) is 0 Å². The van der Waals surface area contributed by atoms with Crippen molar-refractivity contribution >= 4 is 34.6 Å². The molecule has 6 aliphatic rings. The Bertz CT molecular complexity index is 1910. The molecule has 30 nitrogen and oxygen atoms in total. The van der Waals surface area contributed by atoms with Gasteiger partial charge < -0.3 is 99.9 Å². The maximum atomic E-state index is 13.5. The molecule has 68 heavy (non-hydrogen) atoms. The number of hydrogen-bond donors (Lipinski definition) is 14. The Morgan fingerprint density at radius 1 is 0.485 bits per heavy atom. The molecule has 1 aromatic carbocycles. The summed E-state index contributed by atoms with van der Waals surface area (Å²) in [5.74, 6) is -1.67. The molecule has 378 valence electrons. The number of nitrogens with zero attached hydrogens (tertiary/aromatic N) is 8. The highest BCUT2D eigenvalue weighted by Crippen LogP contribution is 2.35. The number of hydrazone groups is 2. The molecule has 0 aromatic heterocycles. The summed E-state index contributed by atoms with van der Waals surface area (Å²) < 4.78 is 33.2. The summed E-state index contributed by atoms with van der Waals surface area (Å²) in [6.45, 7) is -0.354. The molecule has 7 rings (SSSR count). The van der Waals surface area contributed by atoms with E-state index in [4.69, 9.17) is 28.4 Å². The van der Waals surface area contributed by atoms with Gasteiger partial charge in [0, 0.05) is 0 Å². The van der Waals surface area contributed by atoms with E-state index >= 15 is 0 Å². The molecule has 4 fully saturated rings. The second-order valence-corrected chi connectivity index (χ2v) is 16.7. The minimum atomic E-state index is -1.93. The van der Waals surface area contributed by atoms with Gasteiger partial charge in [-0.3, -0.25) is 9.59 Å². The van der Waals surface area contributed by atoms with Gasteiger partial charge in [-0.25, -0.2) is 0 Å². The third-order valence-corrected chi connectivity index (χ3v) is 12.1. The number of carbonyl (C=O) groups excluding carboxylic acids is 2. The lowest BCUT2D eigenvalue weighted by molar-refractivity contribution is -0.347. The highest BCUT2D eigenvalue weighted by molar-refractivity contribution is 6.11. The van der Waals surface area contributed by atoms with E-state index in [9.17, 15) is 81.1 Å². The molecule has 6 aliphatic heterocycles. The SMILES string of the molecule is CC1=NN(C2O[C@H](CO)[C@@H](OC3O[C@H](CO)[C@H](O)[C@H](O)[C@H]3O)[C@H](O)[C@H]2O)C(=O)C1N=Nc1ccc(N=NC2C(=O)N(C3O[C@H](CO)[C@@H](OC4O[C@H](CO)[C@H](O)[C@H](O)[C@H]4O)[C@H](O)[C@H]3O)N=C2C)cc1. The molecule has 2 amide bonds. The number of hydrogen-bond acceptors (Lipinski definition) is 28. The summed E-state index contributed by atoms with van der Waals surface area (Å²) in [5, 5.41) is 171. The zero-order chi connectivity index (χ0) is 49.5. The number of rotatable bonds is 14. The normalized spacial score (nSPS) is 43.8. The van der Waals surface area contributed by atoms with Crippen LogP contribution in [0.1, 0.15) is 13.8 Å². The molecule has 6 heterocycles. The second kappa shape index (κ2) is 21.5. The average Bonchev–Trinajstić information content (AvgIpc) is 3.78. The number of aliphatic hydroxyl groups excluding tert-OH is 14. The highest BCUT2D eigenvalue weighted by atomic mass is 16.7. The zero-order valence-corrected chi connectivity index (χ0v) is 35.9. The van der Waals surface area contributed by atoms with Crippen LogP contribution in [0.5, 0.6) is 0 Å². The fourth-order valence-electron chi connectivity index (χ4n) is 8.17. The second-order valence-electron chi connectivity index (χ2n) is 16.7. The summed E-state index contributed by atoms with van der Waals surface area (Å²) in [6, 6.07) is 3.14. The summed E-state index contributed by atoms with van der Waals surface area (Å²) >= 11 is 0. The van der Waals surface area contributed by atoms with Crippen molar-refractivity contribution in [3.05, 3.63) is 24.3 Å². The monoisotopic (exact) mass is 974 g/mol. The largest absolute Gasteiger partial charge is 0.394 e. The van der Waals surface area contributed by atoms with Gasteiger partial charge in [0.05, 0.1) is 49.2 Å². The van der Waals surface area contributed by atoms with E-state index in [1.54, 1.807) is 0 Å². The van der Waals surface area contributed by atoms with Crippen molar-refractivity contribution in [1.29, 1.82) is 0 Å². The van der Waals surface area contributed by atoms with Gasteiger partial charge in [-0.15, -0.1) is 0 Å². The number of ether oxygens (including phenoxy) is 6. The molecule has 0 aliphatic carbocycles. The van der Waals surface area contributed by atoms with Crippen LogP contribution in [0, 0.1) is 0 Å². The summed E-state index contributed by atoms with van der Waals surface area (Å²) in [5.41, 5.74) is 0.651. The molecular weight excluding hydrogens is 920 g/mol. The van der Waals surface area contributed by atoms with Crippen LogP contribution >= 0.6 is 0 Å². The lowest BCUT2D eigenvalue weighted by atomic mass is 9.96. The first-order valence-electron chi connectivity index (χ1n) is 21.2. The van der Waals surface area contributed by atoms with E-state index in [2.05, 4.69) is 30.7 Å². The molecule has 0 saturated carbocycles. The Morgan fingerprint density at radius 2 is 0.824 bits per heavy atom. The van der Waals surface area contributed by atoms with Crippen molar-refractivity contribution in [2.45, 2.75) is 149 Å². The molecule has 0 spiro atoms. The van der Waals surface area contributed by atoms with Crippen molar-refractivity contribution in [1.82, 2.24) is 10.0 Å². The summed E-state index contributed by atoms with van der Waals surface area (Å²) in [6.07, 6.45) is -34.2. The first kappa shape index (κ1) is 51.7. The maximum Gasteiger partial charge on any atom is 0.277 e. The molecule has 6 unspecified atom stereocenters. The average molecular weight is 975 g/mol. The van der Waals surface area contributed by atoms with Gasteiger partial charge in [0.1, 0.15) is 97.7 Å². The van der Waals surface area contributed by atoms with E-state index in [0.717, 1.165) is 0 Å². The van der Waals surface area contributed by atoms with E-state index in [1.165, 1.54) is 38.1 Å². The van der Waals surface area contributed by atoms with Crippen LogP contribution in [0.4, 0.5) is 11.4 Å². The Hall–Kier alpha value is -4.10. The fourth-order valence-corrected chi connectivity index (χ4v) is 8.17. The van der Waals surface area contributed by atoms with Gasteiger partial charge in [-0.2, -0.15) is 40.7 Å². The standard InChI is InChI=1S/C38H54N8O22/c1-11-19(33(61)45(43-11)35-27(57)25(55)31(17(9-49)63-35)67-37-29(59)23(53)21(51)15(7-47)65-37)41-39-13-3-5-14(6-4-13)40-42-20-12(2)44-46(34(20)62)36-28(58)26(56)32(18(10-50)64-36)68-38-30(60)24(54)22(52)16(8-48)66-38/h3-6,15-32,35-38,47-60H,7-10H2,1-2H3/t15-,16-,17-,18-,19?,20?,21+,22+,23+,24+,25-,26-,27-,28-,29-,30-,31-,32-,35?,36?,37?,38?/m1/s1.